The Morgan fingerprint density at radius 3 is 2.37 bits per heavy atom. The molecule has 1 atom stereocenters. The highest BCUT2D eigenvalue weighted by atomic mass is 19.1. The predicted molar refractivity (Wildman–Crippen MR) is 61.4 cm³/mol. The SMILES string of the molecule is CCC(C)(N)c1noc(-c2c(F)cc(F)cc2F)n1. The zero-order valence-corrected chi connectivity index (χ0v) is 10.4. The summed E-state index contributed by atoms with van der Waals surface area (Å²) >= 11 is 0. The van der Waals surface area contributed by atoms with Crippen molar-refractivity contribution in [3.63, 3.8) is 0 Å². The lowest BCUT2D eigenvalue weighted by atomic mass is 10.00. The Morgan fingerprint density at radius 1 is 1.26 bits per heavy atom. The lowest BCUT2D eigenvalue weighted by Crippen LogP contribution is -2.33. The molecule has 0 aliphatic carbocycles. The quantitative estimate of drug-likeness (QED) is 0.932. The molecule has 2 aromatic rings. The van der Waals surface area contributed by atoms with E-state index in [1.807, 2.05) is 6.92 Å². The molecular formula is C12H12F3N3O. The van der Waals surface area contributed by atoms with Crippen molar-refractivity contribution in [1.29, 1.82) is 0 Å². The number of hydrogen-bond donors (Lipinski definition) is 1. The maximum absolute atomic E-state index is 13.5. The van der Waals surface area contributed by atoms with Crippen molar-refractivity contribution in [3.05, 3.63) is 35.4 Å². The highest BCUT2D eigenvalue weighted by Crippen LogP contribution is 2.27. The second-order valence-electron chi connectivity index (χ2n) is 4.44. The smallest absolute Gasteiger partial charge is 0.263 e. The third-order valence-electron chi connectivity index (χ3n) is 2.89. The summed E-state index contributed by atoms with van der Waals surface area (Å²) in [7, 11) is 0. The van der Waals surface area contributed by atoms with E-state index < -0.39 is 28.6 Å². The van der Waals surface area contributed by atoms with Crippen LogP contribution in [0.1, 0.15) is 26.1 Å². The molecule has 0 saturated carbocycles. The summed E-state index contributed by atoms with van der Waals surface area (Å²) in [6, 6.07) is 1.09. The first-order valence-electron chi connectivity index (χ1n) is 5.63. The maximum Gasteiger partial charge on any atom is 0.263 e. The van der Waals surface area contributed by atoms with Crippen LogP contribution in [-0.2, 0) is 5.54 Å². The minimum absolute atomic E-state index is 0.133. The summed E-state index contributed by atoms with van der Waals surface area (Å²) < 4.78 is 44.7. The molecule has 0 amide bonds. The van der Waals surface area contributed by atoms with Crippen molar-refractivity contribution in [2.45, 2.75) is 25.8 Å². The second-order valence-corrected chi connectivity index (χ2v) is 4.44. The Kier molecular flexibility index (Phi) is 3.32. The van der Waals surface area contributed by atoms with Gasteiger partial charge in [0.25, 0.3) is 5.89 Å². The lowest BCUT2D eigenvalue weighted by Gasteiger charge is -2.16. The van der Waals surface area contributed by atoms with Crippen LogP contribution in [-0.4, -0.2) is 10.1 Å². The van der Waals surface area contributed by atoms with Crippen molar-refractivity contribution in [3.8, 4) is 11.5 Å². The molecule has 0 bridgehead atoms. The lowest BCUT2D eigenvalue weighted by molar-refractivity contribution is 0.377. The Bertz CT molecular complexity index is 587. The van der Waals surface area contributed by atoms with Gasteiger partial charge in [0.15, 0.2) is 5.82 Å². The molecule has 4 nitrogen and oxygen atoms in total. The minimum atomic E-state index is -1.11. The first-order valence-corrected chi connectivity index (χ1v) is 5.63. The molecule has 0 aliphatic rings. The number of nitrogens with two attached hydrogens (primary N) is 1. The van der Waals surface area contributed by atoms with Gasteiger partial charge in [0.05, 0.1) is 5.54 Å². The van der Waals surface area contributed by atoms with Gasteiger partial charge in [0.1, 0.15) is 23.0 Å². The van der Waals surface area contributed by atoms with E-state index in [4.69, 9.17) is 10.3 Å². The number of nitrogens with zero attached hydrogens (tertiary/aromatic N) is 2. The third kappa shape index (κ3) is 2.46. The van der Waals surface area contributed by atoms with Crippen LogP contribution in [0.25, 0.3) is 11.5 Å². The monoisotopic (exact) mass is 271 g/mol. The summed E-state index contributed by atoms with van der Waals surface area (Å²) in [4.78, 5) is 3.87. The molecule has 19 heavy (non-hydrogen) atoms. The molecule has 1 aromatic heterocycles. The zero-order chi connectivity index (χ0) is 14.2. The molecule has 1 unspecified atom stereocenters. The average molecular weight is 271 g/mol. The molecule has 0 fully saturated rings. The Hall–Kier alpha value is -1.89. The van der Waals surface area contributed by atoms with Crippen LogP contribution in [0, 0.1) is 17.5 Å². The van der Waals surface area contributed by atoms with Crippen LogP contribution < -0.4 is 5.73 Å². The van der Waals surface area contributed by atoms with Crippen molar-refractivity contribution in [2.75, 3.05) is 0 Å². The van der Waals surface area contributed by atoms with Gasteiger partial charge in [-0.2, -0.15) is 4.98 Å². The largest absolute Gasteiger partial charge is 0.334 e. The van der Waals surface area contributed by atoms with Gasteiger partial charge in [-0.1, -0.05) is 12.1 Å². The number of rotatable bonds is 3. The van der Waals surface area contributed by atoms with E-state index in [0.717, 1.165) is 0 Å². The van der Waals surface area contributed by atoms with Crippen LogP contribution in [0.4, 0.5) is 13.2 Å². The minimum Gasteiger partial charge on any atom is -0.334 e. The van der Waals surface area contributed by atoms with Crippen molar-refractivity contribution in [1.82, 2.24) is 10.1 Å². The van der Waals surface area contributed by atoms with Gasteiger partial charge in [-0.15, -0.1) is 0 Å². The van der Waals surface area contributed by atoms with Gasteiger partial charge in [-0.25, -0.2) is 13.2 Å². The van der Waals surface area contributed by atoms with Gasteiger partial charge in [0.2, 0.25) is 0 Å². The average Bonchev–Trinajstić information content (AvgIpc) is 2.77. The maximum atomic E-state index is 13.5. The summed E-state index contributed by atoms with van der Waals surface area (Å²) in [5, 5.41) is 3.60. The van der Waals surface area contributed by atoms with E-state index in [2.05, 4.69) is 10.1 Å². The third-order valence-corrected chi connectivity index (χ3v) is 2.89. The Balaban J connectivity index is 2.50. The van der Waals surface area contributed by atoms with Crippen LogP contribution >= 0.6 is 0 Å². The first-order chi connectivity index (χ1) is 8.85. The molecule has 0 aliphatic heterocycles. The van der Waals surface area contributed by atoms with Crippen LogP contribution in [0.3, 0.4) is 0 Å². The fourth-order valence-corrected chi connectivity index (χ4v) is 1.46. The fraction of sp³-hybridized carbons (Fsp3) is 0.333. The van der Waals surface area contributed by atoms with E-state index in [0.29, 0.717) is 18.6 Å². The molecule has 0 saturated heterocycles. The Labute approximate surface area is 107 Å². The predicted octanol–water partition coefficient (Wildman–Crippen LogP) is 2.74. The molecule has 2 N–H and O–H groups in total. The van der Waals surface area contributed by atoms with Crippen molar-refractivity contribution >= 4 is 0 Å². The Morgan fingerprint density at radius 2 is 1.84 bits per heavy atom. The molecule has 2 rings (SSSR count). The van der Waals surface area contributed by atoms with Gasteiger partial charge < -0.3 is 10.3 Å². The van der Waals surface area contributed by atoms with Gasteiger partial charge in [0, 0.05) is 12.1 Å². The molecular weight excluding hydrogens is 259 g/mol. The van der Waals surface area contributed by atoms with E-state index in [1.54, 1.807) is 6.92 Å². The van der Waals surface area contributed by atoms with Gasteiger partial charge in [-0.05, 0) is 13.3 Å². The summed E-state index contributed by atoms with van der Waals surface area (Å²) in [5.74, 6) is -3.47. The normalized spacial score (nSPS) is 14.4. The van der Waals surface area contributed by atoms with Crippen molar-refractivity contribution < 1.29 is 17.7 Å². The van der Waals surface area contributed by atoms with E-state index in [9.17, 15) is 13.2 Å². The summed E-state index contributed by atoms with van der Waals surface area (Å²) in [5.41, 5.74) is 4.47. The first kappa shape index (κ1) is 13.5. The second kappa shape index (κ2) is 4.65. The van der Waals surface area contributed by atoms with Crippen molar-refractivity contribution in [2.24, 2.45) is 5.73 Å². The van der Waals surface area contributed by atoms with E-state index in [1.165, 1.54) is 0 Å². The molecule has 7 heteroatoms. The number of benzene rings is 1. The van der Waals surface area contributed by atoms with Crippen LogP contribution in [0.5, 0.6) is 0 Å². The van der Waals surface area contributed by atoms with Gasteiger partial charge >= 0.3 is 0 Å². The zero-order valence-electron chi connectivity index (χ0n) is 10.4. The molecule has 0 radical (unpaired) electrons. The fourth-order valence-electron chi connectivity index (χ4n) is 1.46. The number of halogens is 3. The number of hydrogen-bond acceptors (Lipinski definition) is 4. The standard InChI is InChI=1S/C12H12F3N3O/c1-3-12(2,16)11-17-10(19-18-11)9-7(14)4-6(13)5-8(9)15/h4-5H,3,16H2,1-2H3. The van der Waals surface area contributed by atoms with Crippen LogP contribution in [0.2, 0.25) is 0 Å². The molecule has 102 valence electrons. The van der Waals surface area contributed by atoms with Gasteiger partial charge in [-0.3, -0.25) is 0 Å². The highest BCUT2D eigenvalue weighted by Gasteiger charge is 2.27. The summed E-state index contributed by atoms with van der Waals surface area (Å²) in [6.45, 7) is 3.48. The highest BCUT2D eigenvalue weighted by molar-refractivity contribution is 5.54. The topological polar surface area (TPSA) is 64.9 Å². The molecule has 0 spiro atoms. The van der Waals surface area contributed by atoms with E-state index in [-0.39, 0.29) is 11.7 Å². The number of aromatic nitrogens is 2. The van der Waals surface area contributed by atoms with E-state index >= 15 is 0 Å². The summed E-state index contributed by atoms with van der Waals surface area (Å²) in [6.07, 6.45) is 0.514. The van der Waals surface area contributed by atoms with Crippen LogP contribution in [0.15, 0.2) is 16.7 Å². The molecule has 1 aromatic carbocycles. The molecule has 1 heterocycles.